The zero-order valence-corrected chi connectivity index (χ0v) is 16.2. The quantitative estimate of drug-likeness (QED) is 0.605. The summed E-state index contributed by atoms with van der Waals surface area (Å²) >= 11 is 0. The van der Waals surface area contributed by atoms with Gasteiger partial charge >= 0.3 is 0 Å². The van der Waals surface area contributed by atoms with Gasteiger partial charge in [0, 0.05) is 18.7 Å². The first-order valence-electron chi connectivity index (χ1n) is 8.70. The first kappa shape index (κ1) is 20.7. The SMILES string of the molecule is CCOc1ccc(C(=O)NCCNS(=O)(=O)c2ccc(OCC)cc2)cc1. The van der Waals surface area contributed by atoms with Gasteiger partial charge in [0.2, 0.25) is 10.0 Å². The number of benzene rings is 2. The Labute approximate surface area is 159 Å². The lowest BCUT2D eigenvalue weighted by Gasteiger charge is -2.09. The smallest absolute Gasteiger partial charge is 0.251 e. The average Bonchev–Trinajstić information content (AvgIpc) is 2.67. The second-order valence-corrected chi connectivity index (χ2v) is 7.28. The van der Waals surface area contributed by atoms with Crippen molar-refractivity contribution in [1.29, 1.82) is 0 Å². The Morgan fingerprint density at radius 1 is 0.852 bits per heavy atom. The molecule has 2 N–H and O–H groups in total. The van der Waals surface area contributed by atoms with E-state index in [1.54, 1.807) is 36.4 Å². The van der Waals surface area contributed by atoms with Crippen LogP contribution in [0.4, 0.5) is 0 Å². The van der Waals surface area contributed by atoms with Gasteiger partial charge in [0.1, 0.15) is 11.5 Å². The Kier molecular flexibility index (Phi) is 7.63. The van der Waals surface area contributed by atoms with Crippen molar-refractivity contribution in [3.63, 3.8) is 0 Å². The van der Waals surface area contributed by atoms with Gasteiger partial charge in [-0.05, 0) is 62.4 Å². The molecule has 0 unspecified atom stereocenters. The maximum atomic E-state index is 12.2. The molecule has 0 fully saturated rings. The number of rotatable bonds is 10. The summed E-state index contributed by atoms with van der Waals surface area (Å²) in [5, 5.41) is 2.67. The third-order valence-electron chi connectivity index (χ3n) is 3.58. The van der Waals surface area contributed by atoms with Crippen LogP contribution < -0.4 is 19.5 Å². The van der Waals surface area contributed by atoms with Crippen molar-refractivity contribution in [1.82, 2.24) is 10.0 Å². The average molecular weight is 392 g/mol. The Morgan fingerprint density at radius 3 is 1.89 bits per heavy atom. The lowest BCUT2D eigenvalue weighted by Crippen LogP contribution is -2.34. The molecule has 27 heavy (non-hydrogen) atoms. The van der Waals surface area contributed by atoms with Crippen LogP contribution in [0, 0.1) is 0 Å². The standard InChI is InChI=1S/C19H24N2O5S/c1-3-25-16-7-5-15(6-8-16)19(22)20-13-14-21-27(23,24)18-11-9-17(10-12-18)26-4-2/h5-12,21H,3-4,13-14H2,1-2H3,(H,20,22). The topological polar surface area (TPSA) is 93.7 Å². The predicted molar refractivity (Wildman–Crippen MR) is 103 cm³/mol. The number of hydrogen-bond donors (Lipinski definition) is 2. The van der Waals surface area contributed by atoms with Gasteiger partial charge < -0.3 is 14.8 Å². The third-order valence-corrected chi connectivity index (χ3v) is 5.05. The van der Waals surface area contributed by atoms with Crippen LogP contribution >= 0.6 is 0 Å². The molecule has 0 heterocycles. The summed E-state index contributed by atoms with van der Waals surface area (Å²) in [5.41, 5.74) is 0.479. The van der Waals surface area contributed by atoms with E-state index in [1.165, 1.54) is 12.1 Å². The summed E-state index contributed by atoms with van der Waals surface area (Å²) in [6, 6.07) is 12.9. The normalized spacial score (nSPS) is 11.0. The van der Waals surface area contributed by atoms with Crippen molar-refractivity contribution in [3.05, 3.63) is 54.1 Å². The zero-order valence-electron chi connectivity index (χ0n) is 15.4. The molecule has 0 bridgehead atoms. The third kappa shape index (κ3) is 6.26. The monoisotopic (exact) mass is 392 g/mol. The molecular formula is C19H24N2O5S. The lowest BCUT2D eigenvalue weighted by molar-refractivity contribution is 0.0954. The van der Waals surface area contributed by atoms with Gasteiger partial charge in [0.05, 0.1) is 18.1 Å². The van der Waals surface area contributed by atoms with E-state index in [9.17, 15) is 13.2 Å². The van der Waals surface area contributed by atoms with Crippen LogP contribution in [0.15, 0.2) is 53.4 Å². The van der Waals surface area contributed by atoms with E-state index in [0.29, 0.717) is 30.3 Å². The second-order valence-electron chi connectivity index (χ2n) is 5.52. The van der Waals surface area contributed by atoms with Crippen LogP contribution in [0.2, 0.25) is 0 Å². The van der Waals surface area contributed by atoms with Crippen LogP contribution in [0.25, 0.3) is 0 Å². The van der Waals surface area contributed by atoms with Gasteiger partial charge in [-0.3, -0.25) is 4.79 Å². The molecule has 0 spiro atoms. The number of ether oxygens (including phenoxy) is 2. The fourth-order valence-electron chi connectivity index (χ4n) is 2.30. The summed E-state index contributed by atoms with van der Waals surface area (Å²) in [6.45, 7) is 5.06. The minimum absolute atomic E-state index is 0.0817. The van der Waals surface area contributed by atoms with Crippen molar-refractivity contribution in [2.75, 3.05) is 26.3 Å². The number of carbonyl (C=O) groups is 1. The molecule has 0 aliphatic carbocycles. The Balaban J connectivity index is 1.81. The predicted octanol–water partition coefficient (Wildman–Crippen LogP) is 2.19. The first-order chi connectivity index (χ1) is 13.0. The molecule has 0 saturated carbocycles. The zero-order chi connectivity index (χ0) is 19.7. The van der Waals surface area contributed by atoms with Gasteiger partial charge in [-0.2, -0.15) is 0 Å². The van der Waals surface area contributed by atoms with E-state index in [2.05, 4.69) is 10.0 Å². The Hall–Kier alpha value is -2.58. The maximum Gasteiger partial charge on any atom is 0.251 e. The van der Waals surface area contributed by atoms with E-state index in [-0.39, 0.29) is 23.9 Å². The van der Waals surface area contributed by atoms with Gasteiger partial charge in [0.15, 0.2) is 0 Å². The number of sulfonamides is 1. The second kappa shape index (κ2) is 9.94. The largest absolute Gasteiger partial charge is 0.494 e. The molecule has 0 aliphatic rings. The van der Waals surface area contributed by atoms with Crippen LogP contribution in [-0.4, -0.2) is 40.6 Å². The molecular weight excluding hydrogens is 368 g/mol. The van der Waals surface area contributed by atoms with Crippen LogP contribution in [-0.2, 0) is 10.0 Å². The molecule has 8 heteroatoms. The Bertz CT molecular complexity index is 833. The van der Waals surface area contributed by atoms with Crippen molar-refractivity contribution in [3.8, 4) is 11.5 Å². The summed E-state index contributed by atoms with van der Waals surface area (Å²) < 4.78 is 37.5. The molecule has 1 amide bonds. The van der Waals surface area contributed by atoms with Gasteiger partial charge in [0.25, 0.3) is 5.91 Å². The summed E-state index contributed by atoms with van der Waals surface area (Å²) in [7, 11) is -3.64. The molecule has 0 aromatic heterocycles. The molecule has 7 nitrogen and oxygen atoms in total. The minimum atomic E-state index is -3.64. The van der Waals surface area contributed by atoms with Crippen LogP contribution in [0.3, 0.4) is 0 Å². The number of amides is 1. The number of carbonyl (C=O) groups excluding carboxylic acids is 1. The van der Waals surface area contributed by atoms with Crippen LogP contribution in [0.1, 0.15) is 24.2 Å². The van der Waals surface area contributed by atoms with Crippen molar-refractivity contribution >= 4 is 15.9 Å². The molecule has 2 aromatic carbocycles. The maximum absolute atomic E-state index is 12.2. The van der Waals surface area contributed by atoms with E-state index >= 15 is 0 Å². The highest BCUT2D eigenvalue weighted by atomic mass is 32.2. The van der Waals surface area contributed by atoms with E-state index in [4.69, 9.17) is 9.47 Å². The fraction of sp³-hybridized carbons (Fsp3) is 0.316. The highest BCUT2D eigenvalue weighted by molar-refractivity contribution is 7.89. The number of hydrogen-bond acceptors (Lipinski definition) is 5. The molecule has 0 saturated heterocycles. The van der Waals surface area contributed by atoms with Crippen LogP contribution in [0.5, 0.6) is 11.5 Å². The molecule has 2 aromatic rings. The number of nitrogens with one attached hydrogen (secondary N) is 2. The van der Waals surface area contributed by atoms with Crippen molar-refractivity contribution < 1.29 is 22.7 Å². The summed E-state index contributed by atoms with van der Waals surface area (Å²) in [4.78, 5) is 12.2. The first-order valence-corrected chi connectivity index (χ1v) is 10.2. The van der Waals surface area contributed by atoms with E-state index in [1.807, 2.05) is 13.8 Å². The highest BCUT2D eigenvalue weighted by Gasteiger charge is 2.13. The lowest BCUT2D eigenvalue weighted by atomic mass is 10.2. The van der Waals surface area contributed by atoms with E-state index < -0.39 is 10.0 Å². The minimum Gasteiger partial charge on any atom is -0.494 e. The van der Waals surface area contributed by atoms with Gasteiger partial charge in [-0.1, -0.05) is 0 Å². The fourth-order valence-corrected chi connectivity index (χ4v) is 3.33. The summed E-state index contributed by atoms with van der Waals surface area (Å²) in [5.74, 6) is 1.02. The Morgan fingerprint density at radius 2 is 1.37 bits per heavy atom. The summed E-state index contributed by atoms with van der Waals surface area (Å²) in [6.07, 6.45) is 0. The molecule has 146 valence electrons. The molecule has 0 atom stereocenters. The molecule has 2 rings (SSSR count). The van der Waals surface area contributed by atoms with Crippen molar-refractivity contribution in [2.24, 2.45) is 0 Å². The van der Waals surface area contributed by atoms with Gasteiger partial charge in [-0.25, -0.2) is 13.1 Å². The van der Waals surface area contributed by atoms with E-state index in [0.717, 1.165) is 0 Å². The highest BCUT2D eigenvalue weighted by Crippen LogP contribution is 2.15. The van der Waals surface area contributed by atoms with Gasteiger partial charge in [-0.15, -0.1) is 0 Å². The molecule has 0 aliphatic heterocycles. The van der Waals surface area contributed by atoms with Crippen molar-refractivity contribution in [2.45, 2.75) is 18.7 Å². The molecule has 0 radical (unpaired) electrons.